The molecule has 2 aromatic rings. The van der Waals surface area contributed by atoms with Crippen LogP contribution in [-0.4, -0.2) is 27.2 Å². The molecule has 22 heavy (non-hydrogen) atoms. The molecule has 1 saturated carbocycles. The summed E-state index contributed by atoms with van der Waals surface area (Å²) in [6.07, 6.45) is 2.18. The molecule has 2 N–H and O–H groups in total. The molecular weight excluding hydrogens is 318 g/mol. The van der Waals surface area contributed by atoms with Crippen LogP contribution in [0.3, 0.4) is 0 Å². The maximum Gasteiger partial charge on any atom is 0.259 e. The second-order valence-corrected chi connectivity index (χ2v) is 8.24. The zero-order valence-corrected chi connectivity index (χ0v) is 14.5. The van der Waals surface area contributed by atoms with Gasteiger partial charge in [-0.15, -0.1) is 23.1 Å². The van der Waals surface area contributed by atoms with Crippen molar-refractivity contribution < 1.29 is 4.79 Å². The molecule has 7 heteroatoms. The minimum Gasteiger partial charge on any atom is -0.352 e. The molecule has 1 amide bonds. The van der Waals surface area contributed by atoms with Crippen molar-refractivity contribution in [1.29, 1.82) is 0 Å². The van der Waals surface area contributed by atoms with E-state index in [1.165, 1.54) is 11.8 Å². The minimum atomic E-state index is -0.145. The lowest BCUT2D eigenvalue weighted by Gasteiger charge is -2.10. The van der Waals surface area contributed by atoms with Gasteiger partial charge >= 0.3 is 0 Å². The molecule has 0 bridgehead atoms. The van der Waals surface area contributed by atoms with Crippen molar-refractivity contribution in [1.82, 2.24) is 15.3 Å². The Morgan fingerprint density at radius 1 is 1.50 bits per heavy atom. The highest BCUT2D eigenvalue weighted by Crippen LogP contribution is 2.26. The largest absolute Gasteiger partial charge is 0.352 e. The maximum atomic E-state index is 12.2. The molecule has 5 nitrogen and oxygen atoms in total. The van der Waals surface area contributed by atoms with E-state index in [4.69, 9.17) is 0 Å². The van der Waals surface area contributed by atoms with Crippen molar-refractivity contribution in [2.24, 2.45) is 0 Å². The van der Waals surface area contributed by atoms with Gasteiger partial charge in [0.15, 0.2) is 0 Å². The van der Waals surface area contributed by atoms with Gasteiger partial charge in [-0.3, -0.25) is 9.59 Å². The van der Waals surface area contributed by atoms with Gasteiger partial charge in [-0.2, -0.15) is 0 Å². The number of aromatic amines is 1. The number of hydrogen-bond donors (Lipinski definition) is 2. The summed E-state index contributed by atoms with van der Waals surface area (Å²) in [4.78, 5) is 33.4. The van der Waals surface area contributed by atoms with Crippen molar-refractivity contribution in [3.8, 4) is 0 Å². The van der Waals surface area contributed by atoms with Crippen LogP contribution in [-0.2, 0) is 10.5 Å². The number of nitrogens with one attached hydrogen (secondary N) is 2. The fourth-order valence-corrected chi connectivity index (χ4v) is 4.01. The molecule has 1 aliphatic rings. The van der Waals surface area contributed by atoms with E-state index in [0.29, 0.717) is 23.0 Å². The lowest BCUT2D eigenvalue weighted by molar-refractivity contribution is -0.120. The molecule has 0 spiro atoms. The van der Waals surface area contributed by atoms with Gasteiger partial charge in [0.1, 0.15) is 10.7 Å². The van der Waals surface area contributed by atoms with Crippen LogP contribution < -0.4 is 10.9 Å². The second kappa shape index (κ2) is 6.04. The summed E-state index contributed by atoms with van der Waals surface area (Å²) in [5.41, 5.74) is 0.919. The fourth-order valence-electron chi connectivity index (χ4n) is 2.19. The van der Waals surface area contributed by atoms with Crippen LogP contribution in [0.1, 0.15) is 36.0 Å². The first-order valence-electron chi connectivity index (χ1n) is 7.36. The summed E-state index contributed by atoms with van der Waals surface area (Å²) in [5.74, 6) is 1.23. The smallest absolute Gasteiger partial charge is 0.259 e. The first-order valence-corrected chi connectivity index (χ1v) is 9.23. The summed E-state index contributed by atoms with van der Waals surface area (Å²) >= 11 is 3.04. The summed E-state index contributed by atoms with van der Waals surface area (Å²) in [6, 6.07) is 0.377. The number of carbonyl (C=O) groups excluding carboxylic acids is 1. The standard InChI is InChI=1S/C15H19N3O2S2/c1-7-8(2)22-15-12(7)14(20)17-11(18-15)6-21-9(3)13(19)16-10-4-5-10/h9-10H,4-6H2,1-3H3,(H,16,19)(H,17,18,20). The number of fused-ring (bicyclic) bond motifs is 1. The van der Waals surface area contributed by atoms with Gasteiger partial charge in [0.2, 0.25) is 5.91 Å². The Hall–Kier alpha value is -1.34. The van der Waals surface area contributed by atoms with Crippen molar-refractivity contribution in [3.63, 3.8) is 0 Å². The van der Waals surface area contributed by atoms with Crippen LogP contribution in [0.2, 0.25) is 0 Å². The average molecular weight is 337 g/mol. The Balaban J connectivity index is 1.71. The number of aryl methyl sites for hydroxylation is 2. The number of nitrogens with zero attached hydrogens (tertiary/aromatic N) is 1. The van der Waals surface area contributed by atoms with Crippen LogP contribution in [0.5, 0.6) is 0 Å². The molecule has 1 atom stereocenters. The molecule has 2 heterocycles. The normalized spacial score (nSPS) is 16.0. The van der Waals surface area contributed by atoms with Crippen molar-refractivity contribution in [2.75, 3.05) is 0 Å². The number of H-pyrrole nitrogens is 1. The molecule has 0 aliphatic heterocycles. The molecule has 0 aromatic carbocycles. The Morgan fingerprint density at radius 3 is 2.91 bits per heavy atom. The summed E-state index contributed by atoms with van der Waals surface area (Å²) in [5, 5.41) is 3.54. The lowest BCUT2D eigenvalue weighted by Crippen LogP contribution is -2.32. The number of aromatic nitrogens is 2. The van der Waals surface area contributed by atoms with Gasteiger partial charge < -0.3 is 10.3 Å². The molecular formula is C15H19N3O2S2. The van der Waals surface area contributed by atoms with E-state index in [-0.39, 0.29) is 16.7 Å². The van der Waals surface area contributed by atoms with E-state index in [9.17, 15) is 9.59 Å². The van der Waals surface area contributed by atoms with Crippen molar-refractivity contribution in [2.45, 2.75) is 50.7 Å². The fraction of sp³-hybridized carbons (Fsp3) is 0.533. The predicted molar refractivity (Wildman–Crippen MR) is 91.6 cm³/mol. The molecule has 118 valence electrons. The van der Waals surface area contributed by atoms with Crippen LogP contribution in [0.15, 0.2) is 4.79 Å². The highest BCUT2D eigenvalue weighted by Gasteiger charge is 2.25. The topological polar surface area (TPSA) is 74.8 Å². The van der Waals surface area contributed by atoms with Gasteiger partial charge in [-0.25, -0.2) is 4.98 Å². The Kier molecular flexibility index (Phi) is 4.27. The number of thioether (sulfide) groups is 1. The highest BCUT2D eigenvalue weighted by molar-refractivity contribution is 7.99. The molecule has 2 aromatic heterocycles. The third kappa shape index (κ3) is 3.20. The highest BCUT2D eigenvalue weighted by atomic mass is 32.2. The minimum absolute atomic E-state index is 0.0683. The SMILES string of the molecule is Cc1sc2nc(CSC(C)C(=O)NC3CC3)[nH]c(=O)c2c1C. The molecule has 1 aliphatic carbocycles. The van der Waals surface area contributed by atoms with E-state index in [1.54, 1.807) is 11.3 Å². The van der Waals surface area contributed by atoms with Crippen LogP contribution >= 0.6 is 23.1 Å². The second-order valence-electron chi connectivity index (χ2n) is 5.71. The zero-order chi connectivity index (χ0) is 15.9. The van der Waals surface area contributed by atoms with E-state index < -0.39 is 0 Å². The van der Waals surface area contributed by atoms with E-state index in [2.05, 4.69) is 15.3 Å². The first-order chi connectivity index (χ1) is 10.5. The summed E-state index contributed by atoms with van der Waals surface area (Å²) < 4.78 is 0. The number of hydrogen-bond acceptors (Lipinski definition) is 5. The zero-order valence-electron chi connectivity index (χ0n) is 12.9. The Bertz CT molecular complexity index is 777. The monoisotopic (exact) mass is 337 g/mol. The molecule has 0 saturated heterocycles. The number of carbonyl (C=O) groups is 1. The number of amides is 1. The van der Waals surface area contributed by atoms with Gasteiger partial charge in [-0.1, -0.05) is 0 Å². The third-order valence-electron chi connectivity index (χ3n) is 3.85. The number of thiophene rings is 1. The van der Waals surface area contributed by atoms with Crippen LogP contribution in [0.4, 0.5) is 0 Å². The molecule has 1 unspecified atom stereocenters. The molecule has 3 rings (SSSR count). The quantitative estimate of drug-likeness (QED) is 0.879. The third-order valence-corrected chi connectivity index (χ3v) is 6.11. The van der Waals surface area contributed by atoms with Gasteiger partial charge in [0.05, 0.1) is 16.4 Å². The van der Waals surface area contributed by atoms with E-state index >= 15 is 0 Å². The van der Waals surface area contributed by atoms with Crippen molar-refractivity contribution >= 4 is 39.2 Å². The maximum absolute atomic E-state index is 12.2. The number of rotatable bonds is 5. The predicted octanol–water partition coefficient (Wildman–Crippen LogP) is 2.50. The van der Waals surface area contributed by atoms with Gasteiger partial charge in [0.25, 0.3) is 5.56 Å². The lowest BCUT2D eigenvalue weighted by atomic mass is 10.2. The summed E-state index contributed by atoms with van der Waals surface area (Å²) in [6.45, 7) is 5.84. The van der Waals surface area contributed by atoms with Gasteiger partial charge in [-0.05, 0) is 39.2 Å². The van der Waals surface area contributed by atoms with Crippen molar-refractivity contribution in [3.05, 3.63) is 26.6 Å². The Labute approximate surface area is 136 Å². The summed E-state index contributed by atoms with van der Waals surface area (Å²) in [7, 11) is 0. The van der Waals surface area contributed by atoms with Gasteiger partial charge in [0, 0.05) is 10.9 Å². The molecule has 1 fully saturated rings. The van der Waals surface area contributed by atoms with Crippen LogP contribution in [0.25, 0.3) is 10.2 Å². The molecule has 0 radical (unpaired) electrons. The first kappa shape index (κ1) is 15.6. The van der Waals surface area contributed by atoms with E-state index in [1.807, 2.05) is 20.8 Å². The Morgan fingerprint density at radius 2 is 2.23 bits per heavy atom. The van der Waals surface area contributed by atoms with E-state index in [0.717, 1.165) is 28.1 Å². The average Bonchev–Trinajstić information content (AvgIpc) is 3.22. The van der Waals surface area contributed by atoms with Crippen LogP contribution in [0, 0.1) is 13.8 Å².